The van der Waals surface area contributed by atoms with E-state index in [1.165, 1.54) is 12.8 Å². The molecule has 152 valence electrons. The Balaban J connectivity index is 1.29. The first-order valence-electron chi connectivity index (χ1n) is 10.3. The molecule has 0 unspecified atom stereocenters. The summed E-state index contributed by atoms with van der Waals surface area (Å²) in [5, 5.41) is 11.2. The Labute approximate surface area is 171 Å². The lowest BCUT2D eigenvalue weighted by molar-refractivity contribution is 0.0745. The van der Waals surface area contributed by atoms with Gasteiger partial charge in [0.15, 0.2) is 11.5 Å². The average Bonchev–Trinajstić information content (AvgIpc) is 3.58. The van der Waals surface area contributed by atoms with Gasteiger partial charge in [0.1, 0.15) is 0 Å². The molecule has 1 aliphatic carbocycles. The fraction of sp³-hybridized carbons (Fsp3) is 0.455. The van der Waals surface area contributed by atoms with E-state index in [-0.39, 0.29) is 11.8 Å². The second-order valence-electron chi connectivity index (χ2n) is 7.86. The number of hydrogen-bond acceptors (Lipinski definition) is 5. The van der Waals surface area contributed by atoms with Gasteiger partial charge in [0.2, 0.25) is 0 Å². The molecule has 0 radical (unpaired) electrons. The number of hydrogen-bond donors (Lipinski definition) is 1. The van der Waals surface area contributed by atoms with Gasteiger partial charge in [-0.1, -0.05) is 31.0 Å². The van der Waals surface area contributed by atoms with Gasteiger partial charge in [-0.15, -0.1) is 10.2 Å². The van der Waals surface area contributed by atoms with Gasteiger partial charge in [-0.05, 0) is 43.0 Å². The van der Waals surface area contributed by atoms with E-state index in [4.69, 9.17) is 0 Å². The van der Waals surface area contributed by atoms with Crippen LogP contribution in [-0.4, -0.2) is 59.6 Å². The molecule has 4 rings (SSSR count). The van der Waals surface area contributed by atoms with E-state index >= 15 is 0 Å². The summed E-state index contributed by atoms with van der Waals surface area (Å²) >= 11 is 0. The Kier molecular flexibility index (Phi) is 5.74. The van der Waals surface area contributed by atoms with Gasteiger partial charge < -0.3 is 15.1 Å². The van der Waals surface area contributed by atoms with Gasteiger partial charge in [-0.25, -0.2) is 0 Å². The minimum Gasteiger partial charge on any atom is -0.352 e. The Morgan fingerprint density at radius 1 is 1.03 bits per heavy atom. The van der Waals surface area contributed by atoms with Gasteiger partial charge in [-0.2, -0.15) is 0 Å². The van der Waals surface area contributed by atoms with Crippen LogP contribution in [0.1, 0.15) is 45.7 Å². The van der Waals surface area contributed by atoms with Crippen molar-refractivity contribution >= 4 is 17.6 Å². The fourth-order valence-corrected chi connectivity index (χ4v) is 3.62. The molecule has 1 N–H and O–H groups in total. The van der Waals surface area contributed by atoms with E-state index in [1.807, 2.05) is 42.2 Å². The maximum absolute atomic E-state index is 12.8. The van der Waals surface area contributed by atoms with E-state index in [9.17, 15) is 9.59 Å². The van der Waals surface area contributed by atoms with Gasteiger partial charge >= 0.3 is 0 Å². The molecule has 2 amide bonds. The van der Waals surface area contributed by atoms with Crippen LogP contribution in [0.2, 0.25) is 0 Å². The van der Waals surface area contributed by atoms with Crippen LogP contribution < -0.4 is 10.2 Å². The minimum atomic E-state index is -0.168. The molecule has 0 atom stereocenters. The van der Waals surface area contributed by atoms with Crippen molar-refractivity contribution in [3.8, 4) is 0 Å². The van der Waals surface area contributed by atoms with Gasteiger partial charge in [0.25, 0.3) is 11.8 Å². The molecule has 7 nitrogen and oxygen atoms in total. The van der Waals surface area contributed by atoms with Crippen molar-refractivity contribution in [3.63, 3.8) is 0 Å². The number of carbonyl (C=O) groups excluding carboxylic acids is 2. The largest absolute Gasteiger partial charge is 0.352 e. The van der Waals surface area contributed by atoms with Crippen molar-refractivity contribution in [2.45, 2.75) is 26.2 Å². The van der Waals surface area contributed by atoms with Crippen molar-refractivity contribution in [3.05, 3.63) is 53.2 Å². The molecular formula is C22H27N5O2. The van der Waals surface area contributed by atoms with Crippen molar-refractivity contribution in [1.82, 2.24) is 20.4 Å². The zero-order valence-electron chi connectivity index (χ0n) is 16.8. The Morgan fingerprint density at radius 3 is 2.45 bits per heavy atom. The zero-order valence-corrected chi connectivity index (χ0v) is 16.8. The van der Waals surface area contributed by atoms with Crippen LogP contribution in [0.4, 0.5) is 5.82 Å². The highest BCUT2D eigenvalue weighted by Crippen LogP contribution is 2.31. The summed E-state index contributed by atoms with van der Waals surface area (Å²) in [6.45, 7) is 5.32. The molecule has 0 bridgehead atoms. The first-order chi connectivity index (χ1) is 14.1. The number of amides is 2. The second kappa shape index (κ2) is 8.59. The molecule has 2 aliphatic rings. The summed E-state index contributed by atoms with van der Waals surface area (Å²) in [6.07, 6.45) is 3.62. The summed E-state index contributed by atoms with van der Waals surface area (Å²) in [5.41, 5.74) is 2.10. The molecular weight excluding hydrogens is 366 g/mol. The van der Waals surface area contributed by atoms with Crippen LogP contribution in [0.15, 0.2) is 36.4 Å². The maximum Gasteiger partial charge on any atom is 0.271 e. The first-order valence-corrected chi connectivity index (χ1v) is 10.3. The third-order valence-electron chi connectivity index (χ3n) is 5.68. The van der Waals surface area contributed by atoms with E-state index in [1.54, 1.807) is 6.07 Å². The monoisotopic (exact) mass is 393 g/mol. The van der Waals surface area contributed by atoms with Crippen LogP contribution in [0.5, 0.6) is 0 Å². The quantitative estimate of drug-likeness (QED) is 0.815. The minimum absolute atomic E-state index is 0.0760. The van der Waals surface area contributed by atoms with E-state index < -0.39 is 0 Å². The molecule has 1 aromatic heterocycles. The number of carbonyl (C=O) groups is 2. The lowest BCUT2D eigenvalue weighted by atomic mass is 10.1. The summed E-state index contributed by atoms with van der Waals surface area (Å²) in [7, 11) is 0. The summed E-state index contributed by atoms with van der Waals surface area (Å²) < 4.78 is 0. The number of nitrogens with one attached hydrogen (secondary N) is 1. The second-order valence-corrected chi connectivity index (χ2v) is 7.86. The van der Waals surface area contributed by atoms with Crippen LogP contribution in [0, 0.1) is 12.8 Å². The van der Waals surface area contributed by atoms with Gasteiger partial charge in [0, 0.05) is 38.3 Å². The van der Waals surface area contributed by atoms with E-state index in [0.717, 1.165) is 29.3 Å². The number of aromatic nitrogens is 2. The highest BCUT2D eigenvalue weighted by atomic mass is 16.2. The molecule has 1 aliphatic heterocycles. The molecule has 2 heterocycles. The number of anilines is 1. The smallest absolute Gasteiger partial charge is 0.271 e. The average molecular weight is 393 g/mol. The molecule has 2 aromatic rings. The standard InChI is InChI=1S/C22H27N5O2/c1-16-4-2-3-5-18(16)22(29)27-14-12-26(13-15-27)20-9-8-19(24-25-20)21(28)23-11-10-17-6-7-17/h2-5,8-9,17H,6-7,10-15H2,1H3,(H,23,28). The van der Waals surface area contributed by atoms with E-state index in [0.29, 0.717) is 38.4 Å². The molecule has 1 aromatic carbocycles. The molecule has 1 saturated heterocycles. The Bertz CT molecular complexity index is 871. The Morgan fingerprint density at radius 2 is 1.79 bits per heavy atom. The third kappa shape index (κ3) is 4.72. The number of nitrogens with zero attached hydrogens (tertiary/aromatic N) is 4. The zero-order chi connectivity index (χ0) is 20.2. The lowest BCUT2D eigenvalue weighted by Gasteiger charge is -2.35. The van der Waals surface area contributed by atoms with Crippen LogP contribution >= 0.6 is 0 Å². The van der Waals surface area contributed by atoms with Gasteiger partial charge in [0.05, 0.1) is 0 Å². The highest BCUT2D eigenvalue weighted by molar-refractivity contribution is 5.95. The van der Waals surface area contributed by atoms with Crippen LogP contribution in [-0.2, 0) is 0 Å². The SMILES string of the molecule is Cc1ccccc1C(=O)N1CCN(c2ccc(C(=O)NCCC3CC3)nn2)CC1. The lowest BCUT2D eigenvalue weighted by Crippen LogP contribution is -2.49. The van der Waals surface area contributed by atoms with Crippen molar-refractivity contribution in [1.29, 1.82) is 0 Å². The maximum atomic E-state index is 12.8. The summed E-state index contributed by atoms with van der Waals surface area (Å²) in [6, 6.07) is 11.2. The number of rotatable bonds is 6. The molecule has 7 heteroatoms. The predicted octanol–water partition coefficient (Wildman–Crippen LogP) is 2.28. The normalized spacial score (nSPS) is 16.6. The number of benzene rings is 1. The van der Waals surface area contributed by atoms with Gasteiger partial charge in [-0.3, -0.25) is 9.59 Å². The van der Waals surface area contributed by atoms with Crippen LogP contribution in [0.25, 0.3) is 0 Å². The Hall–Kier alpha value is -2.96. The number of aryl methyl sites for hydroxylation is 1. The van der Waals surface area contributed by atoms with Crippen molar-refractivity contribution in [2.75, 3.05) is 37.6 Å². The third-order valence-corrected chi connectivity index (χ3v) is 5.68. The van der Waals surface area contributed by atoms with E-state index in [2.05, 4.69) is 20.4 Å². The molecule has 29 heavy (non-hydrogen) atoms. The first kappa shape index (κ1) is 19.4. The van der Waals surface area contributed by atoms with Crippen molar-refractivity contribution in [2.24, 2.45) is 5.92 Å². The highest BCUT2D eigenvalue weighted by Gasteiger charge is 2.24. The summed E-state index contributed by atoms with van der Waals surface area (Å²) in [4.78, 5) is 28.9. The molecule has 2 fully saturated rings. The number of piperazine rings is 1. The summed E-state index contributed by atoms with van der Waals surface area (Å²) in [5.74, 6) is 1.44. The topological polar surface area (TPSA) is 78.4 Å². The van der Waals surface area contributed by atoms with Crippen LogP contribution in [0.3, 0.4) is 0 Å². The molecule has 1 saturated carbocycles. The fourth-order valence-electron chi connectivity index (χ4n) is 3.62. The molecule has 0 spiro atoms. The van der Waals surface area contributed by atoms with Crippen molar-refractivity contribution < 1.29 is 9.59 Å². The predicted molar refractivity (Wildman–Crippen MR) is 111 cm³/mol.